The molecule has 0 N–H and O–H groups in total. The van der Waals surface area contributed by atoms with Gasteiger partial charge in [-0.25, -0.2) is 0 Å². The summed E-state index contributed by atoms with van der Waals surface area (Å²) in [6.07, 6.45) is 11.5. The largest absolute Gasteiger partial charge is 0.264 e. The van der Waals surface area contributed by atoms with Crippen molar-refractivity contribution in [2.24, 2.45) is 4.99 Å². The molecule has 1 aliphatic rings. The van der Waals surface area contributed by atoms with Gasteiger partial charge in [-0.3, -0.25) is 4.99 Å². The molecule has 1 nitrogen and oxygen atoms in total. The highest BCUT2D eigenvalue weighted by Gasteiger charge is 1.95. The zero-order valence-electron chi connectivity index (χ0n) is 7.12. The number of hydrogen-bond acceptors (Lipinski definition) is 1. The SMILES string of the molecule is C=NC1=C(C=CC)C=C=CC=C1. The van der Waals surface area contributed by atoms with Crippen molar-refractivity contribution in [2.75, 3.05) is 0 Å². The maximum atomic E-state index is 3.91. The molecule has 0 saturated carbocycles. The molecular formula is C11H11N. The van der Waals surface area contributed by atoms with Gasteiger partial charge in [0.15, 0.2) is 0 Å². The first kappa shape index (κ1) is 8.51. The highest BCUT2D eigenvalue weighted by atomic mass is 14.7. The molecule has 0 saturated heterocycles. The molecule has 0 fully saturated rings. The van der Waals surface area contributed by atoms with Crippen LogP contribution in [0.2, 0.25) is 0 Å². The second-order valence-corrected chi connectivity index (χ2v) is 2.34. The van der Waals surface area contributed by atoms with Gasteiger partial charge in [0.25, 0.3) is 0 Å². The van der Waals surface area contributed by atoms with Gasteiger partial charge in [0, 0.05) is 5.57 Å². The summed E-state index contributed by atoms with van der Waals surface area (Å²) in [5.74, 6) is 0. The third-order valence-corrected chi connectivity index (χ3v) is 1.50. The number of nitrogens with zero attached hydrogens (tertiary/aromatic N) is 1. The van der Waals surface area contributed by atoms with Crippen LogP contribution in [0.25, 0.3) is 0 Å². The van der Waals surface area contributed by atoms with Crippen LogP contribution in [0.4, 0.5) is 0 Å². The fraction of sp³-hybridized carbons (Fsp3) is 0.0909. The number of allylic oxidation sites excluding steroid dienone is 6. The van der Waals surface area contributed by atoms with Gasteiger partial charge in [-0.15, -0.1) is 5.73 Å². The van der Waals surface area contributed by atoms with E-state index < -0.39 is 0 Å². The lowest BCUT2D eigenvalue weighted by molar-refractivity contribution is 1.39. The Morgan fingerprint density at radius 2 is 2.42 bits per heavy atom. The van der Waals surface area contributed by atoms with Crippen LogP contribution in [-0.4, -0.2) is 6.72 Å². The lowest BCUT2D eigenvalue weighted by Gasteiger charge is -1.95. The Morgan fingerprint density at radius 1 is 1.58 bits per heavy atom. The smallest absolute Gasteiger partial charge is 0.0701 e. The van der Waals surface area contributed by atoms with Gasteiger partial charge < -0.3 is 0 Å². The Balaban J connectivity index is 3.15. The Labute approximate surface area is 72.8 Å². The summed E-state index contributed by atoms with van der Waals surface area (Å²) >= 11 is 0. The minimum absolute atomic E-state index is 0.884. The summed E-state index contributed by atoms with van der Waals surface area (Å²) in [7, 11) is 0. The Kier molecular flexibility index (Phi) is 3.06. The maximum absolute atomic E-state index is 3.91. The van der Waals surface area contributed by atoms with Crippen LogP contribution in [0, 0.1) is 0 Å². The van der Waals surface area contributed by atoms with Gasteiger partial charge in [0.2, 0.25) is 0 Å². The molecule has 0 aliphatic heterocycles. The molecular weight excluding hydrogens is 146 g/mol. The third-order valence-electron chi connectivity index (χ3n) is 1.50. The fourth-order valence-corrected chi connectivity index (χ4v) is 0.960. The van der Waals surface area contributed by atoms with E-state index in [4.69, 9.17) is 0 Å². The van der Waals surface area contributed by atoms with Crippen molar-refractivity contribution < 1.29 is 0 Å². The lowest BCUT2D eigenvalue weighted by atomic mass is 10.2. The van der Waals surface area contributed by atoms with E-state index in [9.17, 15) is 0 Å². The molecule has 0 amide bonds. The molecule has 1 rings (SSSR count). The molecule has 1 heteroatoms. The predicted octanol–water partition coefficient (Wildman–Crippen LogP) is 2.80. The van der Waals surface area contributed by atoms with Gasteiger partial charge in [-0.2, -0.15) is 0 Å². The van der Waals surface area contributed by atoms with Crippen molar-refractivity contribution in [1.29, 1.82) is 0 Å². The fourth-order valence-electron chi connectivity index (χ4n) is 0.960. The van der Waals surface area contributed by atoms with Crippen LogP contribution in [0.5, 0.6) is 0 Å². The average molecular weight is 157 g/mol. The normalized spacial score (nSPS) is 15.8. The van der Waals surface area contributed by atoms with Crippen molar-refractivity contribution in [1.82, 2.24) is 0 Å². The lowest BCUT2D eigenvalue weighted by Crippen LogP contribution is -1.78. The molecule has 0 spiro atoms. The molecule has 12 heavy (non-hydrogen) atoms. The van der Waals surface area contributed by atoms with Crippen molar-refractivity contribution >= 4 is 6.72 Å². The zero-order valence-corrected chi connectivity index (χ0v) is 7.12. The van der Waals surface area contributed by atoms with Crippen molar-refractivity contribution in [2.45, 2.75) is 6.92 Å². The van der Waals surface area contributed by atoms with Gasteiger partial charge in [0.1, 0.15) is 0 Å². The third kappa shape index (κ3) is 1.94. The maximum Gasteiger partial charge on any atom is 0.0701 e. The number of hydrogen-bond donors (Lipinski definition) is 0. The summed E-state index contributed by atoms with van der Waals surface area (Å²) in [5.41, 5.74) is 4.94. The molecule has 0 aromatic rings. The summed E-state index contributed by atoms with van der Waals surface area (Å²) in [4.78, 5) is 3.91. The Bertz CT molecular complexity index is 321. The minimum Gasteiger partial charge on any atom is -0.264 e. The van der Waals surface area contributed by atoms with Crippen molar-refractivity contribution in [3.05, 3.63) is 53.5 Å². The Morgan fingerprint density at radius 3 is 3.08 bits per heavy atom. The molecule has 0 atom stereocenters. The van der Waals surface area contributed by atoms with Gasteiger partial charge in [-0.1, -0.05) is 18.2 Å². The van der Waals surface area contributed by atoms with Crippen molar-refractivity contribution in [3.8, 4) is 0 Å². The first-order chi connectivity index (χ1) is 5.88. The van der Waals surface area contributed by atoms with E-state index in [-0.39, 0.29) is 0 Å². The number of rotatable bonds is 2. The van der Waals surface area contributed by atoms with Crippen LogP contribution >= 0.6 is 0 Å². The molecule has 0 heterocycles. The van der Waals surface area contributed by atoms with E-state index >= 15 is 0 Å². The van der Waals surface area contributed by atoms with Crippen molar-refractivity contribution in [3.63, 3.8) is 0 Å². The Hall–Kier alpha value is -1.59. The molecule has 0 unspecified atom stereocenters. The molecule has 0 radical (unpaired) electrons. The molecule has 1 aliphatic carbocycles. The molecule has 0 aromatic heterocycles. The summed E-state index contributed by atoms with van der Waals surface area (Å²) in [5, 5.41) is 0. The highest BCUT2D eigenvalue weighted by Crippen LogP contribution is 2.12. The monoisotopic (exact) mass is 157 g/mol. The van der Waals surface area contributed by atoms with Crippen LogP contribution in [0.3, 0.4) is 0 Å². The predicted molar refractivity (Wildman–Crippen MR) is 53.2 cm³/mol. The second kappa shape index (κ2) is 4.32. The van der Waals surface area contributed by atoms with Crippen LogP contribution in [-0.2, 0) is 0 Å². The van der Waals surface area contributed by atoms with E-state index in [1.165, 1.54) is 0 Å². The van der Waals surface area contributed by atoms with E-state index in [0.717, 1.165) is 11.3 Å². The zero-order chi connectivity index (χ0) is 8.81. The summed E-state index contributed by atoms with van der Waals surface area (Å²) < 4.78 is 0. The first-order valence-corrected chi connectivity index (χ1v) is 3.81. The van der Waals surface area contributed by atoms with E-state index in [1.54, 1.807) is 0 Å². The summed E-state index contributed by atoms with van der Waals surface area (Å²) in [6.45, 7) is 5.48. The van der Waals surface area contributed by atoms with Crippen LogP contribution < -0.4 is 0 Å². The highest BCUT2D eigenvalue weighted by molar-refractivity contribution is 5.46. The molecule has 0 bridgehead atoms. The van der Waals surface area contributed by atoms with E-state index in [0.29, 0.717) is 0 Å². The first-order valence-electron chi connectivity index (χ1n) is 3.81. The van der Waals surface area contributed by atoms with E-state index in [2.05, 4.69) is 17.4 Å². The van der Waals surface area contributed by atoms with Gasteiger partial charge >= 0.3 is 0 Å². The quantitative estimate of drug-likeness (QED) is 0.431. The molecule has 0 aromatic carbocycles. The second-order valence-electron chi connectivity index (χ2n) is 2.34. The standard InChI is InChI=1S/C11H11N/c1-3-7-10-8-5-4-6-9-11(10)12-2/h3-4,6-9H,2H2,1H3. The van der Waals surface area contributed by atoms with E-state index in [1.807, 2.05) is 43.4 Å². The topological polar surface area (TPSA) is 12.4 Å². The summed E-state index contributed by atoms with van der Waals surface area (Å²) in [6, 6.07) is 0. The minimum atomic E-state index is 0.884. The number of aliphatic imine (C=N–C) groups is 1. The van der Waals surface area contributed by atoms with Gasteiger partial charge in [0.05, 0.1) is 5.70 Å². The molecule has 60 valence electrons. The van der Waals surface area contributed by atoms with Crippen LogP contribution in [0.15, 0.2) is 58.4 Å². The average Bonchev–Trinajstić information content (AvgIpc) is 2.30. The van der Waals surface area contributed by atoms with Crippen LogP contribution in [0.1, 0.15) is 6.92 Å². The van der Waals surface area contributed by atoms with Gasteiger partial charge in [-0.05, 0) is 31.9 Å².